The van der Waals surface area contributed by atoms with Crippen molar-refractivity contribution in [3.63, 3.8) is 0 Å². The molecule has 1 heterocycles. The molecule has 0 amide bonds. The molecule has 2 aromatic carbocycles. The van der Waals surface area contributed by atoms with Crippen molar-refractivity contribution < 1.29 is 0 Å². The van der Waals surface area contributed by atoms with E-state index in [1.54, 1.807) is 0 Å². The maximum atomic E-state index is 8.72. The van der Waals surface area contributed by atoms with E-state index in [2.05, 4.69) is 52.8 Å². The molecule has 0 radical (unpaired) electrons. The Morgan fingerprint density at radius 3 is 2.38 bits per heavy atom. The number of nitrogens with zero attached hydrogens (tertiary/aromatic N) is 2. The molecule has 2 aromatic rings. The van der Waals surface area contributed by atoms with Gasteiger partial charge in [-0.05, 0) is 67.4 Å². The van der Waals surface area contributed by atoms with Crippen LogP contribution in [0.1, 0.15) is 36.9 Å². The first kappa shape index (κ1) is 18.2. The zero-order valence-corrected chi connectivity index (χ0v) is 15.9. The van der Waals surface area contributed by atoms with E-state index in [1.165, 1.54) is 24.1 Å². The lowest BCUT2D eigenvalue weighted by atomic mass is 10.1. The van der Waals surface area contributed by atoms with E-state index < -0.39 is 0 Å². The molecule has 3 rings (SSSR count). The van der Waals surface area contributed by atoms with Gasteiger partial charge in [0.25, 0.3) is 0 Å². The number of hydrogen-bond donors (Lipinski definition) is 2. The Balaban J connectivity index is 1.54. The zero-order chi connectivity index (χ0) is 18.4. The Morgan fingerprint density at radius 2 is 1.77 bits per heavy atom. The van der Waals surface area contributed by atoms with Crippen molar-refractivity contribution in [3.05, 3.63) is 59.7 Å². The lowest BCUT2D eigenvalue weighted by Crippen LogP contribution is -2.30. The van der Waals surface area contributed by atoms with E-state index in [9.17, 15) is 0 Å². The molecule has 1 aliphatic heterocycles. The average molecular weight is 365 g/mol. The zero-order valence-electron chi connectivity index (χ0n) is 15.0. The third kappa shape index (κ3) is 4.74. The standard InChI is InChI=1S/C21H24N4S/c1-16(18-6-10-20(11-7-18)25-14-2-3-15-25)23-21(26)24-19-8-4-17(5-9-19)12-13-22/h4-11,16H,2-3,12,14-15H2,1H3,(H2,23,24,26)/t16-/m1/s1. The van der Waals surface area contributed by atoms with Gasteiger partial charge in [0.2, 0.25) is 0 Å². The molecular formula is C21H24N4S. The second-order valence-corrected chi connectivity index (χ2v) is 7.05. The van der Waals surface area contributed by atoms with Crippen LogP contribution in [-0.2, 0) is 6.42 Å². The first-order valence-corrected chi connectivity index (χ1v) is 9.45. The highest BCUT2D eigenvalue weighted by molar-refractivity contribution is 7.80. The fourth-order valence-corrected chi connectivity index (χ4v) is 3.49. The van der Waals surface area contributed by atoms with Crippen molar-refractivity contribution in [2.75, 3.05) is 23.3 Å². The van der Waals surface area contributed by atoms with Crippen LogP contribution in [0.4, 0.5) is 11.4 Å². The van der Waals surface area contributed by atoms with Gasteiger partial charge in [-0.3, -0.25) is 0 Å². The molecule has 0 aromatic heterocycles. The molecule has 1 atom stereocenters. The van der Waals surface area contributed by atoms with Crippen LogP contribution in [-0.4, -0.2) is 18.2 Å². The van der Waals surface area contributed by atoms with Gasteiger partial charge in [-0.1, -0.05) is 24.3 Å². The number of thiocarbonyl (C=S) groups is 1. The van der Waals surface area contributed by atoms with Crippen molar-refractivity contribution in [2.45, 2.75) is 32.2 Å². The lowest BCUT2D eigenvalue weighted by Gasteiger charge is -2.20. The summed E-state index contributed by atoms with van der Waals surface area (Å²) in [7, 11) is 0. The van der Waals surface area contributed by atoms with Gasteiger partial charge in [-0.2, -0.15) is 5.26 Å². The van der Waals surface area contributed by atoms with Crippen LogP contribution in [0.5, 0.6) is 0 Å². The largest absolute Gasteiger partial charge is 0.372 e. The highest BCUT2D eigenvalue weighted by atomic mass is 32.1. The van der Waals surface area contributed by atoms with Gasteiger partial charge in [0.05, 0.1) is 18.5 Å². The number of anilines is 2. The number of nitriles is 1. The lowest BCUT2D eigenvalue weighted by molar-refractivity contribution is 0.722. The topological polar surface area (TPSA) is 51.1 Å². The van der Waals surface area contributed by atoms with E-state index in [1.807, 2.05) is 24.3 Å². The number of nitrogens with one attached hydrogen (secondary N) is 2. The van der Waals surface area contributed by atoms with E-state index in [-0.39, 0.29) is 6.04 Å². The van der Waals surface area contributed by atoms with Crippen LogP contribution in [0.2, 0.25) is 0 Å². The van der Waals surface area contributed by atoms with E-state index in [4.69, 9.17) is 17.5 Å². The van der Waals surface area contributed by atoms with E-state index in [0.29, 0.717) is 11.5 Å². The smallest absolute Gasteiger partial charge is 0.171 e. The molecule has 4 nitrogen and oxygen atoms in total. The maximum absolute atomic E-state index is 8.72. The average Bonchev–Trinajstić information content (AvgIpc) is 3.18. The predicted molar refractivity (Wildman–Crippen MR) is 111 cm³/mol. The number of benzene rings is 2. The molecule has 26 heavy (non-hydrogen) atoms. The molecule has 0 bridgehead atoms. The highest BCUT2D eigenvalue weighted by Crippen LogP contribution is 2.22. The fourth-order valence-electron chi connectivity index (χ4n) is 3.19. The maximum Gasteiger partial charge on any atom is 0.171 e. The van der Waals surface area contributed by atoms with E-state index in [0.717, 1.165) is 24.3 Å². The Kier molecular flexibility index (Phi) is 6.08. The summed E-state index contributed by atoms with van der Waals surface area (Å²) in [5.74, 6) is 0. The van der Waals surface area contributed by atoms with Crippen molar-refractivity contribution in [3.8, 4) is 6.07 Å². The van der Waals surface area contributed by atoms with Crippen LogP contribution in [0.3, 0.4) is 0 Å². The summed E-state index contributed by atoms with van der Waals surface area (Å²) in [5, 5.41) is 15.8. The van der Waals surface area contributed by atoms with Crippen LogP contribution in [0.25, 0.3) is 0 Å². The second kappa shape index (κ2) is 8.68. The predicted octanol–water partition coefficient (Wildman–Crippen LogP) is 4.40. The quantitative estimate of drug-likeness (QED) is 0.770. The van der Waals surface area contributed by atoms with Gasteiger partial charge in [-0.15, -0.1) is 0 Å². The van der Waals surface area contributed by atoms with Gasteiger partial charge in [0.1, 0.15) is 0 Å². The van der Waals surface area contributed by atoms with Crippen molar-refractivity contribution in [1.29, 1.82) is 5.26 Å². The number of rotatable bonds is 5. The van der Waals surface area contributed by atoms with Crippen molar-refractivity contribution in [1.82, 2.24) is 5.32 Å². The minimum Gasteiger partial charge on any atom is -0.372 e. The molecule has 2 N–H and O–H groups in total. The second-order valence-electron chi connectivity index (χ2n) is 6.64. The minimum atomic E-state index is 0.125. The molecule has 1 saturated heterocycles. The molecule has 0 spiro atoms. The van der Waals surface area contributed by atoms with Crippen LogP contribution in [0, 0.1) is 11.3 Å². The third-order valence-electron chi connectivity index (χ3n) is 4.71. The first-order chi connectivity index (χ1) is 12.7. The SMILES string of the molecule is C[C@@H](NC(=S)Nc1ccc(CC#N)cc1)c1ccc(N2CCCC2)cc1. The molecule has 0 unspecified atom stereocenters. The molecule has 5 heteroatoms. The Morgan fingerprint density at radius 1 is 1.12 bits per heavy atom. The fraction of sp³-hybridized carbons (Fsp3) is 0.333. The van der Waals surface area contributed by atoms with Crippen LogP contribution in [0.15, 0.2) is 48.5 Å². The highest BCUT2D eigenvalue weighted by Gasteiger charge is 2.13. The summed E-state index contributed by atoms with van der Waals surface area (Å²) in [6.45, 7) is 4.43. The molecular weight excluding hydrogens is 340 g/mol. The summed E-state index contributed by atoms with van der Waals surface area (Å²) < 4.78 is 0. The summed E-state index contributed by atoms with van der Waals surface area (Å²) in [5.41, 5.74) is 4.43. The third-order valence-corrected chi connectivity index (χ3v) is 4.93. The molecule has 0 saturated carbocycles. The Hall–Kier alpha value is -2.58. The molecule has 134 valence electrons. The monoisotopic (exact) mass is 364 g/mol. The summed E-state index contributed by atoms with van der Waals surface area (Å²) in [6.07, 6.45) is 3.00. The molecule has 1 aliphatic rings. The summed E-state index contributed by atoms with van der Waals surface area (Å²) >= 11 is 5.43. The Bertz CT molecular complexity index is 771. The summed E-state index contributed by atoms with van der Waals surface area (Å²) in [4.78, 5) is 2.43. The normalized spacial score (nSPS) is 14.5. The van der Waals surface area contributed by atoms with Gasteiger partial charge < -0.3 is 15.5 Å². The number of hydrogen-bond acceptors (Lipinski definition) is 3. The van der Waals surface area contributed by atoms with Gasteiger partial charge in [0.15, 0.2) is 5.11 Å². The van der Waals surface area contributed by atoms with Gasteiger partial charge in [0, 0.05) is 24.5 Å². The van der Waals surface area contributed by atoms with E-state index >= 15 is 0 Å². The van der Waals surface area contributed by atoms with Crippen molar-refractivity contribution in [2.24, 2.45) is 0 Å². The van der Waals surface area contributed by atoms with Gasteiger partial charge in [-0.25, -0.2) is 0 Å². The van der Waals surface area contributed by atoms with Gasteiger partial charge >= 0.3 is 0 Å². The van der Waals surface area contributed by atoms with Crippen LogP contribution >= 0.6 is 12.2 Å². The Labute approximate surface area is 160 Å². The minimum absolute atomic E-state index is 0.125. The van der Waals surface area contributed by atoms with Crippen LogP contribution < -0.4 is 15.5 Å². The first-order valence-electron chi connectivity index (χ1n) is 9.04. The van der Waals surface area contributed by atoms with Crippen molar-refractivity contribution >= 4 is 28.7 Å². The summed E-state index contributed by atoms with van der Waals surface area (Å²) in [6, 6.07) is 18.8. The molecule has 1 fully saturated rings. The molecule has 0 aliphatic carbocycles.